The molecule has 1 aliphatic heterocycles. The monoisotopic (exact) mass is 427 g/mol. The van der Waals surface area contributed by atoms with Gasteiger partial charge in [-0.3, -0.25) is 9.59 Å². The number of nitrogens with one attached hydrogen (secondary N) is 2. The van der Waals surface area contributed by atoms with Crippen LogP contribution >= 0.6 is 23.1 Å². The molecule has 6 nitrogen and oxygen atoms in total. The Bertz CT molecular complexity index is 1000. The molecule has 2 amide bonds. The minimum absolute atomic E-state index is 0.0134. The van der Waals surface area contributed by atoms with E-state index in [1.54, 1.807) is 12.1 Å². The quantitative estimate of drug-likeness (QED) is 0.559. The van der Waals surface area contributed by atoms with Gasteiger partial charge in [-0.15, -0.1) is 11.3 Å². The lowest BCUT2D eigenvalue weighted by Crippen LogP contribution is -2.32. The van der Waals surface area contributed by atoms with Crippen LogP contribution in [0.15, 0.2) is 52.9 Å². The zero-order valence-corrected chi connectivity index (χ0v) is 17.4. The van der Waals surface area contributed by atoms with Crippen LogP contribution in [0.2, 0.25) is 0 Å². The predicted octanol–water partition coefficient (Wildman–Crippen LogP) is 3.94. The average molecular weight is 428 g/mol. The van der Waals surface area contributed by atoms with Crippen LogP contribution in [0.5, 0.6) is 0 Å². The third kappa shape index (κ3) is 5.35. The van der Waals surface area contributed by atoms with E-state index in [1.165, 1.54) is 23.1 Å². The van der Waals surface area contributed by atoms with Gasteiger partial charge in [0.1, 0.15) is 0 Å². The Hall–Kier alpha value is -2.42. The number of anilines is 1. The maximum Gasteiger partial charge on any atom is 0.255 e. The lowest BCUT2D eigenvalue weighted by molar-refractivity contribution is -0.119. The van der Waals surface area contributed by atoms with E-state index in [4.69, 9.17) is 4.74 Å². The maximum atomic E-state index is 12.3. The number of nitrogens with zero attached hydrogens (tertiary/aromatic N) is 1. The van der Waals surface area contributed by atoms with E-state index in [2.05, 4.69) is 15.6 Å². The molecule has 1 aliphatic rings. The van der Waals surface area contributed by atoms with Crippen molar-refractivity contribution in [3.8, 4) is 0 Å². The molecule has 0 spiro atoms. The van der Waals surface area contributed by atoms with Gasteiger partial charge in [-0.2, -0.15) is 0 Å². The van der Waals surface area contributed by atoms with Gasteiger partial charge in [-0.1, -0.05) is 30.0 Å². The smallest absolute Gasteiger partial charge is 0.255 e. The molecule has 1 saturated heterocycles. The molecule has 1 unspecified atom stereocenters. The number of amides is 2. The predicted molar refractivity (Wildman–Crippen MR) is 117 cm³/mol. The molecule has 3 aromatic rings. The minimum atomic E-state index is -0.146. The van der Waals surface area contributed by atoms with Gasteiger partial charge in [0.2, 0.25) is 5.91 Å². The highest BCUT2D eigenvalue weighted by molar-refractivity contribution is 8.01. The highest BCUT2D eigenvalue weighted by Crippen LogP contribution is 2.31. The van der Waals surface area contributed by atoms with Crippen molar-refractivity contribution in [1.29, 1.82) is 0 Å². The van der Waals surface area contributed by atoms with Crippen LogP contribution in [-0.2, 0) is 9.53 Å². The van der Waals surface area contributed by atoms with E-state index in [1.807, 2.05) is 36.4 Å². The second kappa shape index (κ2) is 9.39. The summed E-state index contributed by atoms with van der Waals surface area (Å²) in [5.74, 6) is 0.164. The highest BCUT2D eigenvalue weighted by Gasteiger charge is 2.16. The SMILES string of the molecule is O=C(CSc1nc2ccc(NC(=O)c3ccccc3)cc2s1)NCC1CCCO1. The van der Waals surface area contributed by atoms with Gasteiger partial charge >= 0.3 is 0 Å². The normalized spacial score (nSPS) is 16.1. The number of fused-ring (bicyclic) bond motifs is 1. The summed E-state index contributed by atoms with van der Waals surface area (Å²) in [5, 5.41) is 5.83. The van der Waals surface area contributed by atoms with Crippen LogP contribution in [0.25, 0.3) is 10.2 Å². The standard InChI is InChI=1S/C21H21N3O3S2/c25-19(22-12-16-7-4-10-27-16)13-28-21-24-17-9-8-15(11-18(17)29-21)23-20(26)14-5-2-1-3-6-14/h1-3,5-6,8-9,11,16H,4,7,10,12-13H2,(H,22,25)(H,23,26). The van der Waals surface area contributed by atoms with Crippen molar-refractivity contribution in [2.75, 3.05) is 24.2 Å². The third-order valence-corrected chi connectivity index (χ3v) is 6.70. The van der Waals surface area contributed by atoms with Crippen LogP contribution in [0.1, 0.15) is 23.2 Å². The Morgan fingerprint density at radius 3 is 2.86 bits per heavy atom. The number of carbonyl (C=O) groups excluding carboxylic acids is 2. The number of aromatic nitrogens is 1. The zero-order chi connectivity index (χ0) is 20.1. The van der Waals surface area contributed by atoms with Crippen molar-refractivity contribution in [2.45, 2.75) is 23.3 Å². The summed E-state index contributed by atoms with van der Waals surface area (Å²) in [5.41, 5.74) is 2.19. The van der Waals surface area contributed by atoms with Gasteiger partial charge in [-0.05, 0) is 43.2 Å². The van der Waals surface area contributed by atoms with Crippen LogP contribution in [0.3, 0.4) is 0 Å². The van der Waals surface area contributed by atoms with E-state index < -0.39 is 0 Å². The van der Waals surface area contributed by atoms with Gasteiger partial charge in [-0.25, -0.2) is 4.98 Å². The summed E-state index contributed by atoms with van der Waals surface area (Å²) in [6.07, 6.45) is 2.22. The first kappa shape index (κ1) is 19.9. The van der Waals surface area contributed by atoms with E-state index in [-0.39, 0.29) is 17.9 Å². The Labute approximate surface area is 177 Å². The van der Waals surface area contributed by atoms with Crippen molar-refractivity contribution in [3.05, 3.63) is 54.1 Å². The fraction of sp³-hybridized carbons (Fsp3) is 0.286. The molecule has 8 heteroatoms. The minimum Gasteiger partial charge on any atom is -0.376 e. The topological polar surface area (TPSA) is 80.3 Å². The fourth-order valence-electron chi connectivity index (χ4n) is 3.05. The van der Waals surface area contributed by atoms with Crippen LogP contribution < -0.4 is 10.6 Å². The van der Waals surface area contributed by atoms with Crippen molar-refractivity contribution >= 4 is 50.8 Å². The molecular formula is C21H21N3O3S2. The van der Waals surface area contributed by atoms with Crippen molar-refractivity contribution in [2.24, 2.45) is 0 Å². The van der Waals surface area contributed by atoms with Gasteiger partial charge in [0.15, 0.2) is 4.34 Å². The number of benzene rings is 2. The summed E-state index contributed by atoms with van der Waals surface area (Å²) in [6, 6.07) is 14.7. The van der Waals surface area contributed by atoms with Crippen LogP contribution in [-0.4, -0.2) is 41.8 Å². The zero-order valence-electron chi connectivity index (χ0n) is 15.7. The van der Waals surface area contributed by atoms with Gasteiger partial charge in [0, 0.05) is 24.4 Å². The number of hydrogen-bond acceptors (Lipinski definition) is 6. The molecule has 0 aliphatic carbocycles. The first-order chi connectivity index (χ1) is 14.2. The molecule has 1 fully saturated rings. The largest absolute Gasteiger partial charge is 0.376 e. The van der Waals surface area contributed by atoms with Gasteiger partial charge in [0.05, 0.1) is 22.1 Å². The van der Waals surface area contributed by atoms with Crippen LogP contribution in [0, 0.1) is 0 Å². The highest BCUT2D eigenvalue weighted by atomic mass is 32.2. The molecule has 2 aromatic carbocycles. The molecule has 1 atom stereocenters. The van der Waals surface area contributed by atoms with E-state index in [0.29, 0.717) is 17.9 Å². The second-order valence-corrected chi connectivity index (χ2v) is 8.96. The molecule has 0 radical (unpaired) electrons. The molecule has 1 aromatic heterocycles. The summed E-state index contributed by atoms with van der Waals surface area (Å²) < 4.78 is 7.31. The summed E-state index contributed by atoms with van der Waals surface area (Å²) >= 11 is 2.94. The Kier molecular flexibility index (Phi) is 6.43. The molecule has 0 saturated carbocycles. The molecule has 2 N–H and O–H groups in total. The molecule has 0 bridgehead atoms. The first-order valence-corrected chi connectivity index (χ1v) is 11.3. The summed E-state index contributed by atoms with van der Waals surface area (Å²) in [4.78, 5) is 28.9. The Morgan fingerprint density at radius 2 is 2.07 bits per heavy atom. The number of thiazole rings is 1. The summed E-state index contributed by atoms with van der Waals surface area (Å²) in [6.45, 7) is 1.36. The van der Waals surface area contributed by atoms with E-state index >= 15 is 0 Å². The van der Waals surface area contributed by atoms with E-state index in [0.717, 1.165) is 39.7 Å². The first-order valence-electron chi connectivity index (χ1n) is 9.45. The molecule has 29 heavy (non-hydrogen) atoms. The lowest BCUT2D eigenvalue weighted by atomic mass is 10.2. The Morgan fingerprint density at radius 1 is 1.21 bits per heavy atom. The fourth-order valence-corrected chi connectivity index (χ4v) is 4.98. The lowest BCUT2D eigenvalue weighted by Gasteiger charge is -2.09. The van der Waals surface area contributed by atoms with Gasteiger partial charge < -0.3 is 15.4 Å². The number of carbonyl (C=O) groups is 2. The van der Waals surface area contributed by atoms with Crippen LogP contribution in [0.4, 0.5) is 5.69 Å². The van der Waals surface area contributed by atoms with Gasteiger partial charge in [0.25, 0.3) is 5.91 Å². The molecule has 2 heterocycles. The third-order valence-electron chi connectivity index (χ3n) is 4.54. The Balaban J connectivity index is 1.33. The number of hydrogen-bond donors (Lipinski definition) is 2. The maximum absolute atomic E-state index is 12.3. The summed E-state index contributed by atoms with van der Waals surface area (Å²) in [7, 11) is 0. The molecule has 4 rings (SSSR count). The number of thioether (sulfide) groups is 1. The number of ether oxygens (including phenoxy) is 1. The van der Waals surface area contributed by atoms with Crippen molar-refractivity contribution < 1.29 is 14.3 Å². The van der Waals surface area contributed by atoms with E-state index in [9.17, 15) is 9.59 Å². The second-order valence-electron chi connectivity index (χ2n) is 6.71. The number of rotatable bonds is 7. The molecular weight excluding hydrogens is 406 g/mol. The van der Waals surface area contributed by atoms with Crippen molar-refractivity contribution in [1.82, 2.24) is 10.3 Å². The van der Waals surface area contributed by atoms with Crippen molar-refractivity contribution in [3.63, 3.8) is 0 Å². The molecule has 150 valence electrons. The average Bonchev–Trinajstić information content (AvgIpc) is 3.40.